The zero-order chi connectivity index (χ0) is 20.5. The summed E-state index contributed by atoms with van der Waals surface area (Å²) in [6.45, 7) is 10.7. The van der Waals surface area contributed by atoms with Crippen LogP contribution in [0.4, 0.5) is 0 Å². The minimum absolute atomic E-state index is 0.783. The van der Waals surface area contributed by atoms with Crippen LogP contribution in [0.5, 0.6) is 0 Å². The van der Waals surface area contributed by atoms with Gasteiger partial charge in [0, 0.05) is 51.3 Å². The number of guanidine groups is 1. The van der Waals surface area contributed by atoms with Gasteiger partial charge in [-0.1, -0.05) is 6.42 Å². The van der Waals surface area contributed by atoms with Crippen LogP contribution in [0.3, 0.4) is 0 Å². The molecule has 1 aliphatic heterocycles. The molecule has 3 heterocycles. The molecule has 1 aliphatic rings. The Labute approximate surface area is 174 Å². The fourth-order valence-corrected chi connectivity index (χ4v) is 3.84. The summed E-state index contributed by atoms with van der Waals surface area (Å²) in [7, 11) is 0. The van der Waals surface area contributed by atoms with Crippen molar-refractivity contribution in [3.63, 3.8) is 0 Å². The summed E-state index contributed by atoms with van der Waals surface area (Å²) in [5.41, 5.74) is 2.29. The van der Waals surface area contributed by atoms with Crippen molar-refractivity contribution in [2.24, 2.45) is 4.99 Å². The van der Waals surface area contributed by atoms with E-state index in [1.54, 1.807) is 0 Å². The summed E-state index contributed by atoms with van der Waals surface area (Å²) in [6, 6.07) is 2.11. The Balaban J connectivity index is 1.40. The van der Waals surface area contributed by atoms with Gasteiger partial charge < -0.3 is 15.2 Å². The van der Waals surface area contributed by atoms with E-state index in [-0.39, 0.29) is 0 Å². The van der Waals surface area contributed by atoms with Crippen LogP contribution in [0.2, 0.25) is 0 Å². The van der Waals surface area contributed by atoms with E-state index in [1.165, 1.54) is 30.8 Å². The van der Waals surface area contributed by atoms with Gasteiger partial charge in [-0.05, 0) is 52.5 Å². The van der Waals surface area contributed by atoms with Crippen LogP contribution in [-0.4, -0.2) is 50.1 Å². The molecule has 29 heavy (non-hydrogen) atoms. The zero-order valence-electron chi connectivity index (χ0n) is 18.2. The van der Waals surface area contributed by atoms with Crippen molar-refractivity contribution in [1.29, 1.82) is 0 Å². The maximum atomic E-state index is 4.70. The van der Waals surface area contributed by atoms with Crippen LogP contribution in [0, 0.1) is 13.8 Å². The molecule has 0 unspecified atom stereocenters. The lowest BCUT2D eigenvalue weighted by Gasteiger charge is -2.12. The monoisotopic (exact) mass is 400 g/mol. The Morgan fingerprint density at radius 1 is 1.14 bits per heavy atom. The van der Waals surface area contributed by atoms with Crippen LogP contribution in [0.15, 0.2) is 11.1 Å². The molecule has 0 saturated heterocycles. The van der Waals surface area contributed by atoms with Crippen LogP contribution in [0.25, 0.3) is 0 Å². The highest BCUT2D eigenvalue weighted by Crippen LogP contribution is 2.15. The summed E-state index contributed by atoms with van der Waals surface area (Å²) in [5.74, 6) is 3.19. The van der Waals surface area contributed by atoms with Gasteiger partial charge in [-0.25, -0.2) is 0 Å². The average molecular weight is 401 g/mol. The molecule has 8 heteroatoms. The van der Waals surface area contributed by atoms with Gasteiger partial charge in [0.1, 0.15) is 11.6 Å². The van der Waals surface area contributed by atoms with E-state index in [2.05, 4.69) is 55.1 Å². The van der Waals surface area contributed by atoms with Gasteiger partial charge in [0.15, 0.2) is 5.96 Å². The van der Waals surface area contributed by atoms with E-state index in [9.17, 15) is 0 Å². The predicted molar refractivity (Wildman–Crippen MR) is 116 cm³/mol. The third kappa shape index (κ3) is 6.30. The van der Waals surface area contributed by atoms with Gasteiger partial charge in [0.2, 0.25) is 0 Å². The molecule has 2 aromatic rings. The number of aryl methyl sites for hydroxylation is 5. The van der Waals surface area contributed by atoms with Crippen molar-refractivity contribution in [2.45, 2.75) is 78.8 Å². The van der Waals surface area contributed by atoms with E-state index in [4.69, 9.17) is 4.99 Å². The largest absolute Gasteiger partial charge is 0.357 e. The molecule has 0 bridgehead atoms. The number of hydrogen-bond acceptors (Lipinski definition) is 4. The van der Waals surface area contributed by atoms with Gasteiger partial charge in [-0.15, -0.1) is 10.2 Å². The molecule has 8 nitrogen and oxygen atoms in total. The lowest BCUT2D eigenvalue weighted by atomic mass is 10.2. The highest BCUT2D eigenvalue weighted by Gasteiger charge is 2.14. The van der Waals surface area contributed by atoms with Crippen molar-refractivity contribution in [2.75, 3.05) is 19.6 Å². The number of hydrogen-bond donors (Lipinski definition) is 2. The van der Waals surface area contributed by atoms with Crippen molar-refractivity contribution in [3.05, 3.63) is 29.1 Å². The maximum Gasteiger partial charge on any atom is 0.191 e. The van der Waals surface area contributed by atoms with Crippen molar-refractivity contribution in [3.8, 4) is 0 Å². The second-order valence-electron chi connectivity index (χ2n) is 7.79. The Kier molecular flexibility index (Phi) is 8.07. The molecule has 2 N–H and O–H groups in total. The van der Waals surface area contributed by atoms with E-state index in [0.29, 0.717) is 0 Å². The fourth-order valence-electron chi connectivity index (χ4n) is 3.84. The Morgan fingerprint density at radius 3 is 2.83 bits per heavy atom. The molecule has 0 radical (unpaired) electrons. The van der Waals surface area contributed by atoms with Crippen LogP contribution in [0.1, 0.15) is 62.1 Å². The van der Waals surface area contributed by atoms with E-state index < -0.39 is 0 Å². The molecule has 0 atom stereocenters. The first-order chi connectivity index (χ1) is 14.2. The Bertz CT molecular complexity index is 789. The quantitative estimate of drug-likeness (QED) is 0.384. The minimum Gasteiger partial charge on any atom is -0.357 e. The molecule has 0 amide bonds. The molecule has 3 rings (SSSR count). The SMILES string of the molecule is CCNC(=NCCCn1nc(C)cc1C)NCCCc1nnc2n1CCCCC2. The topological polar surface area (TPSA) is 84.9 Å². The number of nitrogens with zero attached hydrogens (tertiary/aromatic N) is 6. The number of rotatable bonds is 9. The average Bonchev–Trinajstić information content (AvgIpc) is 3.13. The predicted octanol–water partition coefficient (Wildman–Crippen LogP) is 2.40. The molecular formula is C21H36N8. The highest BCUT2D eigenvalue weighted by atomic mass is 15.3. The second kappa shape index (κ2) is 11.0. The Morgan fingerprint density at radius 2 is 2.03 bits per heavy atom. The van der Waals surface area contributed by atoms with Gasteiger partial charge in [0.05, 0.1) is 5.69 Å². The highest BCUT2D eigenvalue weighted by molar-refractivity contribution is 5.79. The zero-order valence-corrected chi connectivity index (χ0v) is 18.2. The van der Waals surface area contributed by atoms with Crippen molar-refractivity contribution < 1.29 is 0 Å². The molecule has 160 valence electrons. The summed E-state index contributed by atoms with van der Waals surface area (Å²) in [6.07, 6.45) is 7.80. The fraction of sp³-hybridized carbons (Fsp3) is 0.714. The van der Waals surface area contributed by atoms with E-state index in [1.807, 2.05) is 6.92 Å². The minimum atomic E-state index is 0.783. The molecule has 0 aromatic carbocycles. The Hall–Kier alpha value is -2.38. The van der Waals surface area contributed by atoms with Gasteiger partial charge >= 0.3 is 0 Å². The first kappa shape index (κ1) is 21.3. The summed E-state index contributed by atoms with van der Waals surface area (Å²) in [5, 5.41) is 20.1. The molecular weight excluding hydrogens is 364 g/mol. The first-order valence-corrected chi connectivity index (χ1v) is 11.1. The number of aromatic nitrogens is 5. The standard InChI is InChI=1S/C21H36N8/c1-4-22-21(24-13-9-15-29-18(3)16-17(2)27-29)23-12-8-11-20-26-25-19-10-6-5-7-14-28(19)20/h16H,4-15H2,1-3H3,(H2,22,23,24). The lowest BCUT2D eigenvalue weighted by molar-refractivity contribution is 0.566. The summed E-state index contributed by atoms with van der Waals surface area (Å²) < 4.78 is 4.40. The van der Waals surface area contributed by atoms with Crippen LogP contribution in [-0.2, 0) is 25.9 Å². The van der Waals surface area contributed by atoms with Crippen LogP contribution >= 0.6 is 0 Å². The molecule has 0 saturated carbocycles. The van der Waals surface area contributed by atoms with Gasteiger partial charge in [-0.3, -0.25) is 9.67 Å². The van der Waals surface area contributed by atoms with Crippen LogP contribution < -0.4 is 10.6 Å². The summed E-state index contributed by atoms with van der Waals surface area (Å²) in [4.78, 5) is 4.70. The van der Waals surface area contributed by atoms with Crippen molar-refractivity contribution >= 4 is 5.96 Å². The number of fused-ring (bicyclic) bond motifs is 1. The van der Waals surface area contributed by atoms with Gasteiger partial charge in [0.25, 0.3) is 0 Å². The van der Waals surface area contributed by atoms with Crippen molar-refractivity contribution in [1.82, 2.24) is 35.2 Å². The number of aliphatic imine (C=N–C) groups is 1. The maximum absolute atomic E-state index is 4.70. The van der Waals surface area contributed by atoms with E-state index in [0.717, 1.165) is 75.9 Å². The molecule has 0 aliphatic carbocycles. The molecule has 0 spiro atoms. The first-order valence-electron chi connectivity index (χ1n) is 11.1. The van der Waals surface area contributed by atoms with E-state index >= 15 is 0 Å². The van der Waals surface area contributed by atoms with Gasteiger partial charge in [-0.2, -0.15) is 5.10 Å². The molecule has 2 aromatic heterocycles. The third-order valence-corrected chi connectivity index (χ3v) is 5.30. The summed E-state index contributed by atoms with van der Waals surface area (Å²) >= 11 is 0. The smallest absolute Gasteiger partial charge is 0.191 e. The third-order valence-electron chi connectivity index (χ3n) is 5.30. The molecule has 0 fully saturated rings. The normalized spacial score (nSPS) is 14.5. The second-order valence-corrected chi connectivity index (χ2v) is 7.79. The number of nitrogens with one attached hydrogen (secondary N) is 2. The lowest BCUT2D eigenvalue weighted by Crippen LogP contribution is -2.38.